The van der Waals surface area contributed by atoms with Crippen LogP contribution in [0.15, 0.2) is 23.5 Å². The molecule has 0 aromatic heterocycles. The van der Waals surface area contributed by atoms with Crippen molar-refractivity contribution < 1.29 is 24.1 Å². The second-order valence-corrected chi connectivity index (χ2v) is 10.2. The van der Waals surface area contributed by atoms with Crippen LogP contribution in [0.4, 0.5) is 0 Å². The zero-order chi connectivity index (χ0) is 19.2. The number of hydrogen-bond donors (Lipinski definition) is 1. The van der Waals surface area contributed by atoms with Gasteiger partial charge in [0.25, 0.3) is 6.29 Å². The topological polar surface area (TPSA) is 65.0 Å². The Balaban J connectivity index is 1.51. The van der Waals surface area contributed by atoms with E-state index in [1.54, 1.807) is 19.3 Å². The Morgan fingerprint density at radius 1 is 1.26 bits per heavy atom. The van der Waals surface area contributed by atoms with Crippen molar-refractivity contribution in [3.8, 4) is 0 Å². The van der Waals surface area contributed by atoms with Crippen molar-refractivity contribution in [2.75, 3.05) is 0 Å². The Bertz CT molecular complexity index is 767. The van der Waals surface area contributed by atoms with Crippen LogP contribution in [0.3, 0.4) is 0 Å². The molecule has 27 heavy (non-hydrogen) atoms. The summed E-state index contributed by atoms with van der Waals surface area (Å²) in [5.74, 6) is 0.261. The minimum Gasteiger partial charge on any atom is -0.459 e. The predicted octanol–water partition coefficient (Wildman–Crippen LogP) is 3.82. The number of fused-ring (bicyclic) bond motifs is 1. The van der Waals surface area contributed by atoms with Gasteiger partial charge in [0, 0.05) is 22.6 Å². The molecule has 1 saturated heterocycles. The number of cyclic esters (lactones) is 1. The highest BCUT2D eigenvalue weighted by Crippen LogP contribution is 2.84. The van der Waals surface area contributed by atoms with E-state index in [4.69, 9.17) is 14.2 Å². The Labute approximate surface area is 160 Å². The Morgan fingerprint density at radius 3 is 2.74 bits per heavy atom. The molecule has 6 atom stereocenters. The second-order valence-electron chi connectivity index (χ2n) is 10.2. The van der Waals surface area contributed by atoms with E-state index in [1.165, 1.54) is 12.8 Å². The Kier molecular flexibility index (Phi) is 3.40. The Morgan fingerprint density at radius 2 is 2.04 bits per heavy atom. The van der Waals surface area contributed by atoms with Gasteiger partial charge >= 0.3 is 5.97 Å². The molecule has 1 N–H and O–H groups in total. The van der Waals surface area contributed by atoms with Crippen LogP contribution in [0, 0.1) is 22.2 Å². The molecule has 4 fully saturated rings. The normalized spacial score (nSPS) is 51.1. The quantitative estimate of drug-likeness (QED) is 0.588. The van der Waals surface area contributed by atoms with Crippen molar-refractivity contribution in [2.45, 2.75) is 84.4 Å². The summed E-state index contributed by atoms with van der Waals surface area (Å²) in [6.45, 7) is 8.93. The van der Waals surface area contributed by atoms with Crippen LogP contribution in [-0.4, -0.2) is 29.3 Å². The van der Waals surface area contributed by atoms with Crippen molar-refractivity contribution in [1.29, 1.82) is 0 Å². The fraction of sp³-hybridized carbons (Fsp3) is 0.773. The van der Waals surface area contributed by atoms with E-state index in [0.29, 0.717) is 16.9 Å². The third-order valence-corrected chi connectivity index (χ3v) is 8.60. The van der Waals surface area contributed by atoms with Gasteiger partial charge in [0.1, 0.15) is 0 Å². The van der Waals surface area contributed by atoms with Crippen LogP contribution >= 0.6 is 0 Å². The molecule has 2 aliphatic heterocycles. The first-order chi connectivity index (χ1) is 12.7. The number of hydrogen-bond acceptors (Lipinski definition) is 5. The first-order valence-electron chi connectivity index (χ1n) is 10.3. The number of rotatable bonds is 2. The van der Waals surface area contributed by atoms with Gasteiger partial charge in [0.15, 0.2) is 6.29 Å². The summed E-state index contributed by atoms with van der Waals surface area (Å²) in [4.78, 5) is 11.6. The molecule has 148 valence electrons. The molecule has 3 aliphatic carbocycles. The molecule has 0 aromatic rings. The van der Waals surface area contributed by atoms with Gasteiger partial charge in [-0.2, -0.15) is 0 Å². The number of esters is 1. The number of aliphatic hydroxyl groups is 1. The van der Waals surface area contributed by atoms with Gasteiger partial charge in [-0.1, -0.05) is 27.2 Å². The summed E-state index contributed by atoms with van der Waals surface area (Å²) >= 11 is 0. The van der Waals surface area contributed by atoms with Gasteiger partial charge in [0.05, 0.1) is 11.9 Å². The molecule has 0 radical (unpaired) electrons. The first-order valence-corrected chi connectivity index (χ1v) is 10.3. The molecular formula is C22H30O5. The van der Waals surface area contributed by atoms with Crippen LogP contribution in [0.2, 0.25) is 0 Å². The zero-order valence-corrected chi connectivity index (χ0v) is 16.7. The van der Waals surface area contributed by atoms with Gasteiger partial charge < -0.3 is 19.3 Å². The molecule has 3 saturated carbocycles. The lowest BCUT2D eigenvalue weighted by atomic mass is 9.46. The summed E-state index contributed by atoms with van der Waals surface area (Å²) in [7, 11) is 0. The largest absolute Gasteiger partial charge is 0.459 e. The lowest BCUT2D eigenvalue weighted by Gasteiger charge is -2.57. The molecule has 0 amide bonds. The molecule has 2 heterocycles. The maximum absolute atomic E-state index is 11.6. The molecule has 0 spiro atoms. The monoisotopic (exact) mass is 374 g/mol. The standard InChI is InChI=1S/C22H30O5/c1-13-10-16(26-17(13)23)25-11-14-18(24)27-21-9-6-15-19(2,3)7-5-8-20(15,4)22(14,21)12-21/h10-11,15-16,18,24H,5-9,12H2,1-4H3. The first kappa shape index (κ1) is 17.7. The van der Waals surface area contributed by atoms with Crippen LogP contribution in [0.5, 0.6) is 0 Å². The van der Waals surface area contributed by atoms with Gasteiger partial charge in [-0.3, -0.25) is 0 Å². The number of carbonyl (C=O) groups is 1. The SMILES string of the molecule is CC1=CC(OC=C2C(O)OC34CCC5C(C)(C)CCCC5(C)C23C4)OC1=O. The number of carbonyl (C=O) groups excluding carboxylic acids is 1. The zero-order valence-electron chi connectivity index (χ0n) is 16.7. The summed E-state index contributed by atoms with van der Waals surface area (Å²) < 4.78 is 17.1. The van der Waals surface area contributed by atoms with Crippen LogP contribution in [0.1, 0.15) is 66.2 Å². The van der Waals surface area contributed by atoms with E-state index in [-0.39, 0.29) is 22.4 Å². The highest BCUT2D eigenvalue weighted by atomic mass is 16.7. The molecule has 5 heteroatoms. The number of aliphatic hydroxyl groups excluding tert-OH is 1. The van der Waals surface area contributed by atoms with E-state index in [9.17, 15) is 9.90 Å². The third kappa shape index (κ3) is 2.05. The second kappa shape index (κ2) is 5.18. The van der Waals surface area contributed by atoms with Gasteiger partial charge in [-0.15, -0.1) is 0 Å². The van der Waals surface area contributed by atoms with Gasteiger partial charge in [-0.25, -0.2) is 4.79 Å². The van der Waals surface area contributed by atoms with Crippen LogP contribution < -0.4 is 0 Å². The van der Waals surface area contributed by atoms with Crippen LogP contribution in [-0.2, 0) is 19.0 Å². The summed E-state index contributed by atoms with van der Waals surface area (Å²) in [5, 5.41) is 10.7. The van der Waals surface area contributed by atoms with Crippen molar-refractivity contribution in [3.05, 3.63) is 23.5 Å². The molecule has 0 aromatic carbocycles. The lowest BCUT2D eigenvalue weighted by molar-refractivity contribution is -0.152. The van der Waals surface area contributed by atoms with E-state index < -0.39 is 12.6 Å². The minimum absolute atomic E-state index is 0.0950. The molecule has 5 aliphatic rings. The highest BCUT2D eigenvalue weighted by Gasteiger charge is 2.85. The average Bonchev–Trinajstić information content (AvgIpc) is 3.03. The van der Waals surface area contributed by atoms with Crippen molar-refractivity contribution in [3.63, 3.8) is 0 Å². The fourth-order valence-electron chi connectivity index (χ4n) is 7.38. The predicted molar refractivity (Wildman–Crippen MR) is 98.1 cm³/mol. The van der Waals surface area contributed by atoms with E-state index in [2.05, 4.69) is 20.8 Å². The van der Waals surface area contributed by atoms with E-state index in [1.807, 2.05) is 0 Å². The minimum atomic E-state index is -0.929. The summed E-state index contributed by atoms with van der Waals surface area (Å²) in [5.41, 5.74) is 1.41. The third-order valence-electron chi connectivity index (χ3n) is 8.60. The summed E-state index contributed by atoms with van der Waals surface area (Å²) in [6, 6.07) is 0. The van der Waals surface area contributed by atoms with Crippen LogP contribution in [0.25, 0.3) is 0 Å². The van der Waals surface area contributed by atoms with Gasteiger partial charge in [0.2, 0.25) is 0 Å². The maximum Gasteiger partial charge on any atom is 0.336 e. The maximum atomic E-state index is 11.6. The molecule has 0 bridgehead atoms. The van der Waals surface area contributed by atoms with Crippen molar-refractivity contribution in [1.82, 2.24) is 0 Å². The van der Waals surface area contributed by atoms with Crippen molar-refractivity contribution in [2.24, 2.45) is 22.2 Å². The molecule has 6 unspecified atom stereocenters. The van der Waals surface area contributed by atoms with Crippen molar-refractivity contribution >= 4 is 5.97 Å². The fourth-order valence-corrected chi connectivity index (χ4v) is 7.38. The average molecular weight is 374 g/mol. The molecule has 5 nitrogen and oxygen atoms in total. The molecule has 5 rings (SSSR count). The van der Waals surface area contributed by atoms with E-state index >= 15 is 0 Å². The van der Waals surface area contributed by atoms with E-state index in [0.717, 1.165) is 31.3 Å². The molecular weight excluding hydrogens is 344 g/mol. The highest BCUT2D eigenvalue weighted by molar-refractivity contribution is 5.89. The lowest BCUT2D eigenvalue weighted by Crippen LogP contribution is -2.52. The summed E-state index contributed by atoms with van der Waals surface area (Å²) in [6.07, 6.45) is 8.44. The Hall–Kier alpha value is -1.33. The number of ether oxygens (including phenoxy) is 3. The smallest absolute Gasteiger partial charge is 0.336 e. The van der Waals surface area contributed by atoms with Gasteiger partial charge in [-0.05, 0) is 55.8 Å².